The van der Waals surface area contributed by atoms with Gasteiger partial charge in [-0.05, 0) is 35.1 Å². The smallest absolute Gasteiger partial charge is 0.115 e. The van der Waals surface area contributed by atoms with Crippen molar-refractivity contribution in [2.75, 3.05) is 0 Å². The molecule has 94 valence electrons. The lowest BCUT2D eigenvalue weighted by Crippen LogP contribution is -1.86. The molecule has 19 heavy (non-hydrogen) atoms. The fraction of sp³-hybridized carbons (Fsp3) is 0.118. The van der Waals surface area contributed by atoms with Crippen LogP contribution in [0.1, 0.15) is 12.5 Å². The summed E-state index contributed by atoms with van der Waals surface area (Å²) in [4.78, 5) is 4.30. The molecular weight excluding hydrogens is 234 g/mol. The first-order valence-electron chi connectivity index (χ1n) is 6.44. The molecule has 0 aliphatic heterocycles. The monoisotopic (exact) mass is 249 g/mol. The van der Waals surface area contributed by atoms with Crippen molar-refractivity contribution in [2.24, 2.45) is 0 Å². The van der Waals surface area contributed by atoms with E-state index in [4.69, 9.17) is 0 Å². The molecule has 0 unspecified atom stereocenters. The minimum atomic E-state index is 0.284. The standard InChI is InChI=1S/C17H15NO/c1-2-12-3-4-14-10-18-11-17(16(14)9-12)13-5-7-15(19)8-6-13/h3-11,19H,2H2,1H3. The molecule has 0 spiro atoms. The van der Waals surface area contributed by atoms with Gasteiger partial charge in [0.05, 0.1) is 0 Å². The Bertz CT molecular complexity index is 717. The molecule has 0 fully saturated rings. The molecule has 0 atom stereocenters. The van der Waals surface area contributed by atoms with Crippen LogP contribution >= 0.6 is 0 Å². The minimum absolute atomic E-state index is 0.284. The molecule has 0 saturated heterocycles. The van der Waals surface area contributed by atoms with Gasteiger partial charge in [-0.3, -0.25) is 4.98 Å². The van der Waals surface area contributed by atoms with Crippen LogP contribution in [-0.4, -0.2) is 10.1 Å². The van der Waals surface area contributed by atoms with Gasteiger partial charge in [-0.2, -0.15) is 0 Å². The predicted molar refractivity (Wildman–Crippen MR) is 78.2 cm³/mol. The fourth-order valence-corrected chi connectivity index (χ4v) is 2.30. The quantitative estimate of drug-likeness (QED) is 0.739. The Morgan fingerprint density at radius 2 is 1.79 bits per heavy atom. The first kappa shape index (κ1) is 11.7. The van der Waals surface area contributed by atoms with Gasteiger partial charge < -0.3 is 5.11 Å². The van der Waals surface area contributed by atoms with E-state index >= 15 is 0 Å². The van der Waals surface area contributed by atoms with Gasteiger partial charge in [0.1, 0.15) is 5.75 Å². The summed E-state index contributed by atoms with van der Waals surface area (Å²) in [5.41, 5.74) is 3.50. The third-order valence-corrected chi connectivity index (χ3v) is 3.41. The topological polar surface area (TPSA) is 33.1 Å². The highest BCUT2D eigenvalue weighted by molar-refractivity contribution is 5.96. The maximum atomic E-state index is 9.38. The van der Waals surface area contributed by atoms with Gasteiger partial charge in [0, 0.05) is 23.3 Å². The number of aryl methyl sites for hydroxylation is 1. The molecule has 3 aromatic rings. The van der Waals surface area contributed by atoms with Crippen molar-refractivity contribution in [1.29, 1.82) is 0 Å². The molecular formula is C17H15NO. The number of hydrogen-bond donors (Lipinski definition) is 1. The highest BCUT2D eigenvalue weighted by Gasteiger charge is 2.05. The Morgan fingerprint density at radius 1 is 1.00 bits per heavy atom. The van der Waals surface area contributed by atoms with Crippen LogP contribution in [0.15, 0.2) is 54.9 Å². The van der Waals surface area contributed by atoms with E-state index in [2.05, 4.69) is 30.1 Å². The number of rotatable bonds is 2. The lowest BCUT2D eigenvalue weighted by molar-refractivity contribution is 0.475. The highest BCUT2D eigenvalue weighted by atomic mass is 16.3. The third kappa shape index (κ3) is 2.17. The summed E-state index contributed by atoms with van der Waals surface area (Å²) in [6.45, 7) is 2.16. The lowest BCUT2D eigenvalue weighted by Gasteiger charge is -2.08. The molecule has 1 aromatic heterocycles. The van der Waals surface area contributed by atoms with Gasteiger partial charge in [-0.1, -0.05) is 37.3 Å². The average molecular weight is 249 g/mol. The zero-order valence-corrected chi connectivity index (χ0v) is 10.8. The molecule has 2 aromatic carbocycles. The fourth-order valence-electron chi connectivity index (χ4n) is 2.30. The normalized spacial score (nSPS) is 10.8. The Balaban J connectivity index is 2.25. The van der Waals surface area contributed by atoms with E-state index in [1.165, 1.54) is 10.9 Å². The predicted octanol–water partition coefficient (Wildman–Crippen LogP) is 4.17. The van der Waals surface area contributed by atoms with Gasteiger partial charge >= 0.3 is 0 Å². The maximum absolute atomic E-state index is 9.38. The van der Waals surface area contributed by atoms with E-state index in [0.29, 0.717) is 0 Å². The summed E-state index contributed by atoms with van der Waals surface area (Å²) in [5, 5.41) is 11.7. The van der Waals surface area contributed by atoms with Gasteiger partial charge in [0.2, 0.25) is 0 Å². The number of phenolic OH excluding ortho intramolecular Hbond substituents is 1. The maximum Gasteiger partial charge on any atom is 0.115 e. The number of nitrogens with zero attached hydrogens (tertiary/aromatic N) is 1. The summed E-state index contributed by atoms with van der Waals surface area (Å²) < 4.78 is 0. The molecule has 2 heteroatoms. The SMILES string of the molecule is CCc1ccc2cncc(-c3ccc(O)cc3)c2c1. The van der Waals surface area contributed by atoms with Crippen molar-refractivity contribution < 1.29 is 5.11 Å². The van der Waals surface area contributed by atoms with Crippen LogP contribution in [0, 0.1) is 0 Å². The third-order valence-electron chi connectivity index (χ3n) is 3.41. The van der Waals surface area contributed by atoms with Crippen molar-refractivity contribution in [3.05, 3.63) is 60.4 Å². The van der Waals surface area contributed by atoms with Gasteiger partial charge in [0.15, 0.2) is 0 Å². The van der Waals surface area contributed by atoms with Gasteiger partial charge in [-0.15, -0.1) is 0 Å². The van der Waals surface area contributed by atoms with Gasteiger partial charge in [-0.25, -0.2) is 0 Å². The first-order chi connectivity index (χ1) is 9.28. The van der Waals surface area contributed by atoms with Crippen LogP contribution in [0.25, 0.3) is 21.9 Å². The molecule has 0 radical (unpaired) electrons. The number of hydrogen-bond acceptors (Lipinski definition) is 2. The summed E-state index contributed by atoms with van der Waals surface area (Å²) in [6, 6.07) is 13.7. The van der Waals surface area contributed by atoms with Crippen LogP contribution in [0.2, 0.25) is 0 Å². The van der Waals surface area contributed by atoms with Crippen molar-refractivity contribution >= 4 is 10.8 Å². The molecule has 0 bridgehead atoms. The number of phenols is 1. The molecule has 2 nitrogen and oxygen atoms in total. The van der Waals surface area contributed by atoms with Crippen LogP contribution < -0.4 is 0 Å². The molecule has 0 saturated carbocycles. The second kappa shape index (κ2) is 4.73. The Hall–Kier alpha value is -2.35. The minimum Gasteiger partial charge on any atom is -0.508 e. The van der Waals surface area contributed by atoms with Crippen LogP contribution in [0.3, 0.4) is 0 Å². The molecule has 0 aliphatic rings. The number of aromatic nitrogens is 1. The molecule has 3 rings (SSSR count). The zero-order valence-electron chi connectivity index (χ0n) is 10.8. The van der Waals surface area contributed by atoms with E-state index in [1.807, 2.05) is 24.5 Å². The van der Waals surface area contributed by atoms with E-state index in [0.717, 1.165) is 22.9 Å². The molecule has 0 aliphatic carbocycles. The van der Waals surface area contributed by atoms with Crippen LogP contribution in [-0.2, 0) is 6.42 Å². The summed E-state index contributed by atoms with van der Waals surface area (Å²) in [7, 11) is 0. The summed E-state index contributed by atoms with van der Waals surface area (Å²) in [5.74, 6) is 0.284. The zero-order chi connectivity index (χ0) is 13.2. The van der Waals surface area contributed by atoms with Crippen molar-refractivity contribution in [3.63, 3.8) is 0 Å². The Labute approximate surface area is 112 Å². The molecule has 1 heterocycles. The second-order valence-electron chi connectivity index (χ2n) is 4.64. The number of fused-ring (bicyclic) bond motifs is 1. The van der Waals surface area contributed by atoms with Crippen molar-refractivity contribution in [1.82, 2.24) is 4.98 Å². The summed E-state index contributed by atoms with van der Waals surface area (Å²) in [6.07, 6.45) is 4.79. The molecule has 1 N–H and O–H groups in total. The van der Waals surface area contributed by atoms with E-state index < -0.39 is 0 Å². The highest BCUT2D eigenvalue weighted by Crippen LogP contribution is 2.29. The van der Waals surface area contributed by atoms with E-state index in [1.54, 1.807) is 12.1 Å². The number of pyridine rings is 1. The number of benzene rings is 2. The Morgan fingerprint density at radius 3 is 2.53 bits per heavy atom. The van der Waals surface area contributed by atoms with Crippen molar-refractivity contribution in [3.8, 4) is 16.9 Å². The molecule has 0 amide bonds. The lowest BCUT2D eigenvalue weighted by atomic mass is 9.98. The van der Waals surface area contributed by atoms with Crippen LogP contribution in [0.5, 0.6) is 5.75 Å². The average Bonchev–Trinajstić information content (AvgIpc) is 2.47. The second-order valence-corrected chi connectivity index (χ2v) is 4.64. The van der Waals surface area contributed by atoms with Crippen molar-refractivity contribution in [2.45, 2.75) is 13.3 Å². The summed E-state index contributed by atoms with van der Waals surface area (Å²) >= 11 is 0. The number of aromatic hydroxyl groups is 1. The van der Waals surface area contributed by atoms with E-state index in [9.17, 15) is 5.11 Å². The van der Waals surface area contributed by atoms with Crippen LogP contribution in [0.4, 0.5) is 0 Å². The van der Waals surface area contributed by atoms with E-state index in [-0.39, 0.29) is 5.75 Å². The largest absolute Gasteiger partial charge is 0.508 e. The Kier molecular flexibility index (Phi) is 2.92. The van der Waals surface area contributed by atoms with Gasteiger partial charge in [0.25, 0.3) is 0 Å². The first-order valence-corrected chi connectivity index (χ1v) is 6.44.